The van der Waals surface area contributed by atoms with Gasteiger partial charge in [0.15, 0.2) is 5.84 Å². The van der Waals surface area contributed by atoms with Gasteiger partial charge in [0.25, 0.3) is 0 Å². The third kappa shape index (κ3) is 6.71. The van der Waals surface area contributed by atoms with E-state index in [2.05, 4.69) is 38.3 Å². The number of para-hydroxylation sites is 2. The average molecular weight is 495 g/mol. The Kier molecular flexibility index (Phi) is 8.84. The van der Waals surface area contributed by atoms with Gasteiger partial charge in [0.2, 0.25) is 0 Å². The van der Waals surface area contributed by atoms with E-state index in [0.29, 0.717) is 23.8 Å². The van der Waals surface area contributed by atoms with E-state index in [1.807, 2.05) is 93.7 Å². The molecule has 7 nitrogen and oxygen atoms in total. The lowest BCUT2D eigenvalue weighted by atomic mass is 10.0. The molecule has 37 heavy (non-hydrogen) atoms. The predicted molar refractivity (Wildman–Crippen MR) is 153 cm³/mol. The van der Waals surface area contributed by atoms with Crippen molar-refractivity contribution in [1.82, 2.24) is 10.6 Å². The second-order valence-corrected chi connectivity index (χ2v) is 8.88. The monoisotopic (exact) mass is 494 g/mol. The SMILES string of the molecule is CNCCC(Oc1ccccc1N/C(C)=C1\C(=N)C(NCc2ccccc2)=NN=C1C)c1ccccc1. The Morgan fingerprint density at radius 1 is 0.919 bits per heavy atom. The molecule has 1 aliphatic heterocycles. The molecule has 3 aromatic carbocycles. The van der Waals surface area contributed by atoms with E-state index >= 15 is 0 Å². The fourth-order valence-corrected chi connectivity index (χ4v) is 4.22. The first-order valence-electron chi connectivity index (χ1n) is 12.5. The van der Waals surface area contributed by atoms with Gasteiger partial charge in [-0.15, -0.1) is 5.10 Å². The van der Waals surface area contributed by atoms with Crippen molar-refractivity contribution < 1.29 is 4.74 Å². The summed E-state index contributed by atoms with van der Waals surface area (Å²) in [4.78, 5) is 0. The first-order chi connectivity index (χ1) is 18.1. The quantitative estimate of drug-likeness (QED) is 0.291. The zero-order chi connectivity index (χ0) is 26.0. The largest absolute Gasteiger partial charge is 0.484 e. The van der Waals surface area contributed by atoms with Crippen molar-refractivity contribution in [2.75, 3.05) is 18.9 Å². The summed E-state index contributed by atoms with van der Waals surface area (Å²) in [5.41, 5.74) is 5.60. The first-order valence-corrected chi connectivity index (χ1v) is 12.5. The number of rotatable bonds is 10. The molecule has 4 N–H and O–H groups in total. The van der Waals surface area contributed by atoms with Crippen LogP contribution in [0, 0.1) is 5.41 Å². The van der Waals surface area contributed by atoms with Crippen molar-refractivity contribution in [2.45, 2.75) is 32.9 Å². The van der Waals surface area contributed by atoms with Crippen LogP contribution in [0.25, 0.3) is 0 Å². The molecule has 0 saturated heterocycles. The van der Waals surface area contributed by atoms with E-state index < -0.39 is 0 Å². The molecule has 0 radical (unpaired) electrons. The number of anilines is 1. The standard InChI is InChI=1S/C30H34N6O/c1-21(28-22(2)35-36-30(29(28)31)33-20-23-12-6-4-7-13-23)34-25-16-10-11-17-27(25)37-26(18-19-32-3)24-14-8-5-9-15-24/h4-17,26,31-32,34H,18-20H2,1-3H3,(H,33,36)/b28-21-,31-29?. The van der Waals surface area contributed by atoms with E-state index in [9.17, 15) is 0 Å². The summed E-state index contributed by atoms with van der Waals surface area (Å²) in [6.45, 7) is 5.23. The summed E-state index contributed by atoms with van der Waals surface area (Å²) >= 11 is 0. The molecule has 0 bridgehead atoms. The molecule has 0 amide bonds. The topological polar surface area (TPSA) is 93.9 Å². The molecule has 0 saturated carbocycles. The number of nitrogens with one attached hydrogen (secondary N) is 4. The van der Waals surface area contributed by atoms with Crippen LogP contribution >= 0.6 is 0 Å². The average Bonchev–Trinajstić information content (AvgIpc) is 2.92. The van der Waals surface area contributed by atoms with E-state index in [1.165, 1.54) is 0 Å². The minimum Gasteiger partial charge on any atom is -0.484 e. The van der Waals surface area contributed by atoms with Crippen LogP contribution in [0.1, 0.15) is 37.5 Å². The highest BCUT2D eigenvalue weighted by Gasteiger charge is 2.23. The molecule has 0 aromatic heterocycles. The molecule has 1 heterocycles. The van der Waals surface area contributed by atoms with Crippen LogP contribution in [0.5, 0.6) is 5.75 Å². The smallest absolute Gasteiger partial charge is 0.174 e. The van der Waals surface area contributed by atoms with E-state index in [1.54, 1.807) is 0 Å². The minimum atomic E-state index is -0.0956. The lowest BCUT2D eigenvalue weighted by Crippen LogP contribution is -2.36. The van der Waals surface area contributed by atoms with Crippen molar-refractivity contribution in [3.63, 3.8) is 0 Å². The first kappa shape index (κ1) is 25.9. The number of benzene rings is 3. The zero-order valence-corrected chi connectivity index (χ0v) is 21.6. The number of hydrogen-bond donors (Lipinski definition) is 4. The number of hydrogen-bond acceptors (Lipinski definition) is 7. The molecule has 1 aliphatic rings. The van der Waals surface area contributed by atoms with Crippen molar-refractivity contribution in [3.8, 4) is 5.75 Å². The van der Waals surface area contributed by atoms with Gasteiger partial charge < -0.3 is 20.7 Å². The number of allylic oxidation sites excluding steroid dienone is 1. The van der Waals surface area contributed by atoms with Crippen LogP contribution in [0.15, 0.2) is 106 Å². The summed E-state index contributed by atoms with van der Waals surface area (Å²) in [6.07, 6.45) is 0.736. The second-order valence-electron chi connectivity index (χ2n) is 8.88. The Hall–Kier alpha value is -4.23. The van der Waals surface area contributed by atoms with Crippen LogP contribution in [-0.4, -0.2) is 30.9 Å². The van der Waals surface area contributed by atoms with Crippen LogP contribution in [0.3, 0.4) is 0 Å². The molecular weight excluding hydrogens is 460 g/mol. The molecule has 0 fully saturated rings. The molecule has 7 heteroatoms. The zero-order valence-electron chi connectivity index (χ0n) is 21.6. The molecule has 190 valence electrons. The number of nitrogens with zero attached hydrogens (tertiary/aromatic N) is 2. The fraction of sp³-hybridized carbons (Fsp3) is 0.233. The Labute approximate surface area is 218 Å². The van der Waals surface area contributed by atoms with Crippen molar-refractivity contribution in [3.05, 3.63) is 107 Å². The summed E-state index contributed by atoms with van der Waals surface area (Å²) in [5.74, 6) is 1.20. The summed E-state index contributed by atoms with van der Waals surface area (Å²) in [7, 11) is 1.95. The van der Waals surface area contributed by atoms with Crippen molar-refractivity contribution >= 4 is 22.9 Å². The van der Waals surface area contributed by atoms with Crippen molar-refractivity contribution in [1.29, 1.82) is 5.41 Å². The second kappa shape index (κ2) is 12.6. The van der Waals surface area contributed by atoms with Gasteiger partial charge in [-0.25, -0.2) is 0 Å². The Morgan fingerprint density at radius 2 is 1.59 bits per heavy atom. The van der Waals surface area contributed by atoms with Crippen LogP contribution in [0.4, 0.5) is 5.69 Å². The molecule has 4 rings (SSSR count). The molecule has 1 atom stereocenters. The van der Waals surface area contributed by atoms with Gasteiger partial charge in [-0.3, -0.25) is 5.41 Å². The maximum Gasteiger partial charge on any atom is 0.174 e. The maximum atomic E-state index is 8.84. The van der Waals surface area contributed by atoms with Crippen LogP contribution in [0.2, 0.25) is 0 Å². The fourth-order valence-electron chi connectivity index (χ4n) is 4.22. The molecule has 3 aromatic rings. The Balaban J connectivity index is 1.54. The van der Waals surface area contributed by atoms with E-state index in [-0.39, 0.29) is 6.10 Å². The third-order valence-electron chi connectivity index (χ3n) is 6.13. The summed E-state index contributed by atoms with van der Waals surface area (Å²) in [5, 5.41) is 27.4. The van der Waals surface area contributed by atoms with E-state index in [0.717, 1.165) is 46.8 Å². The van der Waals surface area contributed by atoms with Crippen molar-refractivity contribution in [2.24, 2.45) is 10.2 Å². The lowest BCUT2D eigenvalue weighted by molar-refractivity contribution is 0.196. The molecule has 0 aliphatic carbocycles. The van der Waals surface area contributed by atoms with Gasteiger partial charge in [0, 0.05) is 24.2 Å². The predicted octanol–water partition coefficient (Wildman–Crippen LogP) is 5.70. The van der Waals surface area contributed by atoms with Gasteiger partial charge in [0.05, 0.1) is 11.4 Å². The Bertz CT molecular complexity index is 1300. The highest BCUT2D eigenvalue weighted by atomic mass is 16.5. The van der Waals surface area contributed by atoms with Gasteiger partial charge in [-0.1, -0.05) is 72.8 Å². The van der Waals surface area contributed by atoms with Gasteiger partial charge in [0.1, 0.15) is 17.6 Å². The normalized spacial score (nSPS) is 15.4. The summed E-state index contributed by atoms with van der Waals surface area (Å²) < 4.78 is 6.54. The number of amidine groups is 1. The molecule has 0 spiro atoms. The lowest BCUT2D eigenvalue weighted by Gasteiger charge is -2.23. The maximum absolute atomic E-state index is 8.84. The Morgan fingerprint density at radius 3 is 2.32 bits per heavy atom. The van der Waals surface area contributed by atoms with E-state index in [4.69, 9.17) is 10.1 Å². The molecular formula is C30H34N6O. The highest BCUT2D eigenvalue weighted by Crippen LogP contribution is 2.32. The number of ether oxygens (including phenoxy) is 1. The molecule has 1 unspecified atom stereocenters. The van der Waals surface area contributed by atoms with Crippen LogP contribution in [-0.2, 0) is 6.54 Å². The highest BCUT2D eigenvalue weighted by molar-refractivity contribution is 6.53. The summed E-state index contributed by atoms with van der Waals surface area (Å²) in [6, 6.07) is 28.2. The van der Waals surface area contributed by atoms with Gasteiger partial charge in [-0.2, -0.15) is 5.10 Å². The van der Waals surface area contributed by atoms with Gasteiger partial charge >= 0.3 is 0 Å². The van der Waals surface area contributed by atoms with Gasteiger partial charge in [-0.05, 0) is 50.7 Å². The van der Waals surface area contributed by atoms with Crippen LogP contribution < -0.4 is 20.7 Å². The third-order valence-corrected chi connectivity index (χ3v) is 6.13. The minimum absolute atomic E-state index is 0.0956.